The number of nitrogens with one attached hydrogen (secondary N) is 1. The zero-order chi connectivity index (χ0) is 16.6. The third-order valence-corrected chi connectivity index (χ3v) is 5.11. The number of hydrogen-bond acceptors (Lipinski definition) is 3. The quantitative estimate of drug-likeness (QED) is 0.834. The van der Waals surface area contributed by atoms with Gasteiger partial charge in [-0.25, -0.2) is 0 Å². The number of rotatable bonds is 3. The molecule has 1 N–H and O–H groups in total. The van der Waals surface area contributed by atoms with Gasteiger partial charge in [-0.3, -0.25) is 9.59 Å². The van der Waals surface area contributed by atoms with E-state index in [1.165, 1.54) is 23.1 Å². The lowest BCUT2D eigenvalue weighted by molar-refractivity contribution is -0.886. The Morgan fingerprint density at radius 1 is 1.35 bits per heavy atom. The maximum atomic E-state index is 12.8. The molecule has 1 unspecified atom stereocenters. The van der Waals surface area contributed by atoms with E-state index in [0.717, 1.165) is 25.2 Å². The van der Waals surface area contributed by atoms with E-state index in [4.69, 9.17) is 0 Å². The largest absolute Gasteiger partial charge is 0.469 e. The number of carbonyl (C=O) groups is 2. The van der Waals surface area contributed by atoms with Gasteiger partial charge in [-0.1, -0.05) is 17.7 Å². The molecule has 0 bridgehead atoms. The predicted octanol–water partition coefficient (Wildman–Crippen LogP) is 0.665. The Bertz CT molecular complexity index is 629. The van der Waals surface area contributed by atoms with Crippen molar-refractivity contribution in [3.63, 3.8) is 0 Å². The first-order valence-electron chi connectivity index (χ1n) is 8.32. The number of likely N-dealkylation sites (tertiary alicyclic amines) is 1. The minimum Gasteiger partial charge on any atom is -0.469 e. The van der Waals surface area contributed by atoms with Crippen LogP contribution in [0.5, 0.6) is 0 Å². The molecule has 0 aromatic heterocycles. The molecule has 23 heavy (non-hydrogen) atoms. The topological polar surface area (TPSA) is 51.1 Å². The number of esters is 1. The molecular formula is C18H25N2O3+. The van der Waals surface area contributed by atoms with Gasteiger partial charge in [-0.2, -0.15) is 0 Å². The Kier molecular flexibility index (Phi) is 4.39. The highest BCUT2D eigenvalue weighted by molar-refractivity contribution is 5.98. The molecule has 1 aromatic rings. The Morgan fingerprint density at radius 2 is 2.13 bits per heavy atom. The molecule has 0 saturated carbocycles. The van der Waals surface area contributed by atoms with Gasteiger partial charge >= 0.3 is 5.97 Å². The number of amides is 1. The van der Waals surface area contributed by atoms with E-state index < -0.39 is 0 Å². The SMILES string of the molecule is COC(=O)CCC(=O)N1c2ccc(C)cc2[C@@H]2C[NH+](C)CC[C@@H]21. The Morgan fingerprint density at radius 3 is 2.87 bits per heavy atom. The van der Waals surface area contributed by atoms with Gasteiger partial charge in [0.25, 0.3) is 0 Å². The van der Waals surface area contributed by atoms with Gasteiger partial charge in [-0.15, -0.1) is 0 Å². The summed E-state index contributed by atoms with van der Waals surface area (Å²) in [4.78, 5) is 27.6. The number of ether oxygens (including phenoxy) is 1. The molecule has 1 saturated heterocycles. The van der Waals surface area contributed by atoms with Gasteiger partial charge < -0.3 is 14.5 Å². The number of likely N-dealkylation sites (N-methyl/N-ethyl adjacent to an activating group) is 1. The highest BCUT2D eigenvalue weighted by Crippen LogP contribution is 2.43. The van der Waals surface area contributed by atoms with Crippen LogP contribution in [0, 0.1) is 6.92 Å². The van der Waals surface area contributed by atoms with E-state index in [0.29, 0.717) is 5.92 Å². The summed E-state index contributed by atoms with van der Waals surface area (Å²) in [6, 6.07) is 6.58. The highest BCUT2D eigenvalue weighted by atomic mass is 16.5. The second kappa shape index (κ2) is 6.32. The minimum atomic E-state index is -0.328. The van der Waals surface area contributed by atoms with Crippen LogP contribution in [0.3, 0.4) is 0 Å². The molecule has 0 spiro atoms. The number of methoxy groups -OCH3 is 1. The third-order valence-electron chi connectivity index (χ3n) is 5.11. The lowest BCUT2D eigenvalue weighted by Crippen LogP contribution is -3.11. The summed E-state index contributed by atoms with van der Waals surface area (Å²) in [5.41, 5.74) is 3.56. The molecule has 3 atom stereocenters. The first-order valence-corrected chi connectivity index (χ1v) is 8.32. The molecule has 5 heteroatoms. The smallest absolute Gasteiger partial charge is 0.306 e. The van der Waals surface area contributed by atoms with E-state index in [-0.39, 0.29) is 30.8 Å². The van der Waals surface area contributed by atoms with Crippen molar-refractivity contribution < 1.29 is 19.2 Å². The average Bonchev–Trinajstić information content (AvgIpc) is 2.85. The molecule has 1 amide bonds. The molecule has 1 fully saturated rings. The van der Waals surface area contributed by atoms with Crippen molar-refractivity contribution in [3.8, 4) is 0 Å². The van der Waals surface area contributed by atoms with Crippen molar-refractivity contribution in [2.75, 3.05) is 32.1 Å². The fourth-order valence-electron chi connectivity index (χ4n) is 3.96. The lowest BCUT2D eigenvalue weighted by Gasteiger charge is -2.34. The highest BCUT2D eigenvalue weighted by Gasteiger charge is 2.45. The first-order chi connectivity index (χ1) is 11.0. The van der Waals surface area contributed by atoms with Gasteiger partial charge in [0.05, 0.1) is 45.6 Å². The molecule has 0 radical (unpaired) electrons. The number of quaternary nitrogens is 1. The standard InChI is InChI=1S/C18H24N2O3/c1-12-4-5-15-13(10-12)14-11-19(2)9-8-16(14)20(15)17(21)6-7-18(22)23-3/h4-5,10,14,16H,6-9,11H2,1-3H3/p+1/t14-,16-/m0/s1. The number of carbonyl (C=O) groups excluding carboxylic acids is 2. The molecule has 0 aliphatic carbocycles. The molecule has 3 rings (SSSR count). The van der Waals surface area contributed by atoms with Crippen LogP contribution in [0.2, 0.25) is 0 Å². The van der Waals surface area contributed by atoms with Gasteiger partial charge in [0, 0.05) is 18.5 Å². The van der Waals surface area contributed by atoms with Crippen LogP contribution in [-0.2, 0) is 14.3 Å². The monoisotopic (exact) mass is 317 g/mol. The second-order valence-electron chi connectivity index (χ2n) is 6.78. The van der Waals surface area contributed by atoms with E-state index in [1.54, 1.807) is 0 Å². The summed E-state index contributed by atoms with van der Waals surface area (Å²) in [5.74, 6) is 0.110. The molecule has 5 nitrogen and oxygen atoms in total. The van der Waals surface area contributed by atoms with Crippen LogP contribution in [-0.4, -0.2) is 45.2 Å². The third kappa shape index (κ3) is 2.98. The van der Waals surface area contributed by atoms with Crippen molar-refractivity contribution in [2.45, 2.75) is 38.1 Å². The molecule has 1 aromatic carbocycles. The van der Waals surface area contributed by atoms with Crippen molar-refractivity contribution in [2.24, 2.45) is 0 Å². The van der Waals surface area contributed by atoms with Crippen molar-refractivity contribution in [3.05, 3.63) is 29.3 Å². The molecule has 2 aliphatic rings. The number of aryl methyl sites for hydroxylation is 1. The molecule has 124 valence electrons. The average molecular weight is 317 g/mol. The molecular weight excluding hydrogens is 292 g/mol. The van der Waals surface area contributed by atoms with E-state index >= 15 is 0 Å². The summed E-state index contributed by atoms with van der Waals surface area (Å²) in [5, 5.41) is 0. The Balaban J connectivity index is 1.88. The second-order valence-corrected chi connectivity index (χ2v) is 6.78. The maximum Gasteiger partial charge on any atom is 0.306 e. The summed E-state index contributed by atoms with van der Waals surface area (Å²) >= 11 is 0. The Hall–Kier alpha value is -1.88. The maximum absolute atomic E-state index is 12.8. The van der Waals surface area contributed by atoms with Gasteiger partial charge in [0.15, 0.2) is 0 Å². The van der Waals surface area contributed by atoms with E-state index in [1.807, 2.05) is 4.90 Å². The van der Waals surface area contributed by atoms with E-state index in [9.17, 15) is 9.59 Å². The van der Waals surface area contributed by atoms with Crippen LogP contribution in [0.4, 0.5) is 5.69 Å². The Labute approximate surface area is 137 Å². The van der Waals surface area contributed by atoms with Crippen molar-refractivity contribution in [1.82, 2.24) is 0 Å². The summed E-state index contributed by atoms with van der Waals surface area (Å²) in [7, 11) is 3.57. The minimum absolute atomic E-state index is 0.0348. The van der Waals surface area contributed by atoms with Crippen molar-refractivity contribution >= 4 is 17.6 Å². The molecule has 2 aliphatic heterocycles. The zero-order valence-corrected chi connectivity index (χ0v) is 14.1. The number of benzene rings is 1. The normalized spacial score (nSPS) is 25.7. The lowest BCUT2D eigenvalue weighted by atomic mass is 9.89. The number of nitrogens with zero attached hydrogens (tertiary/aromatic N) is 1. The molecule has 2 heterocycles. The number of anilines is 1. The number of piperidine rings is 1. The van der Waals surface area contributed by atoms with Crippen LogP contribution >= 0.6 is 0 Å². The van der Waals surface area contributed by atoms with Crippen LogP contribution in [0.15, 0.2) is 18.2 Å². The van der Waals surface area contributed by atoms with Gasteiger partial charge in [0.2, 0.25) is 5.91 Å². The summed E-state index contributed by atoms with van der Waals surface area (Å²) in [6.07, 6.45) is 1.37. The van der Waals surface area contributed by atoms with Crippen LogP contribution in [0.25, 0.3) is 0 Å². The van der Waals surface area contributed by atoms with E-state index in [2.05, 4.69) is 36.9 Å². The fourth-order valence-corrected chi connectivity index (χ4v) is 3.96. The van der Waals surface area contributed by atoms with Gasteiger partial charge in [-0.05, 0) is 18.6 Å². The fraction of sp³-hybridized carbons (Fsp3) is 0.556. The van der Waals surface area contributed by atoms with Crippen LogP contribution < -0.4 is 9.80 Å². The predicted molar refractivity (Wildman–Crippen MR) is 87.7 cm³/mol. The first kappa shape index (κ1) is 16.0. The van der Waals surface area contributed by atoms with Crippen LogP contribution in [0.1, 0.15) is 36.3 Å². The van der Waals surface area contributed by atoms with Crippen molar-refractivity contribution in [1.29, 1.82) is 0 Å². The number of fused-ring (bicyclic) bond motifs is 3. The summed E-state index contributed by atoms with van der Waals surface area (Å²) in [6.45, 7) is 4.23. The zero-order valence-electron chi connectivity index (χ0n) is 14.1. The van der Waals surface area contributed by atoms with Gasteiger partial charge in [0.1, 0.15) is 0 Å². The summed E-state index contributed by atoms with van der Waals surface area (Å²) < 4.78 is 4.66. The number of hydrogen-bond donors (Lipinski definition) is 1.